The summed E-state index contributed by atoms with van der Waals surface area (Å²) in [5, 5.41) is 6.26. The Hall–Kier alpha value is -1.85. The average molecular weight is 289 g/mol. The van der Waals surface area contributed by atoms with Gasteiger partial charge in [0.1, 0.15) is 12.4 Å². The minimum absolute atomic E-state index is 0.0413. The van der Waals surface area contributed by atoms with E-state index in [1.807, 2.05) is 0 Å². The molecular weight excluding hydrogens is 266 g/mol. The number of hydrogen-bond donors (Lipinski definition) is 2. The van der Waals surface area contributed by atoms with Crippen molar-refractivity contribution in [1.29, 1.82) is 0 Å². The molecule has 0 unspecified atom stereocenters. The zero-order valence-electron chi connectivity index (χ0n) is 12.3. The maximum Gasteiger partial charge on any atom is 0.251 e. The molecular formula is C16H23N3O2. The molecule has 5 heteroatoms. The third-order valence-electron chi connectivity index (χ3n) is 3.41. The van der Waals surface area contributed by atoms with Gasteiger partial charge in [0.2, 0.25) is 0 Å². The van der Waals surface area contributed by atoms with Crippen molar-refractivity contribution in [1.82, 2.24) is 15.5 Å². The van der Waals surface area contributed by atoms with Gasteiger partial charge >= 0.3 is 0 Å². The second kappa shape index (κ2) is 8.44. The molecule has 0 bridgehead atoms. The summed E-state index contributed by atoms with van der Waals surface area (Å²) in [6, 6.07) is 7.15. The fourth-order valence-corrected chi connectivity index (χ4v) is 2.22. The molecule has 5 nitrogen and oxygen atoms in total. The van der Waals surface area contributed by atoms with E-state index in [9.17, 15) is 4.79 Å². The zero-order valence-corrected chi connectivity index (χ0v) is 12.3. The fourth-order valence-electron chi connectivity index (χ4n) is 2.22. The third kappa shape index (κ3) is 5.21. The molecule has 1 aliphatic rings. The normalized spacial score (nSPS) is 15.4. The maximum absolute atomic E-state index is 12.0. The summed E-state index contributed by atoms with van der Waals surface area (Å²) < 4.78 is 5.39. The minimum atomic E-state index is -0.0413. The Kier molecular flexibility index (Phi) is 6.24. The molecule has 0 aliphatic carbocycles. The lowest BCUT2D eigenvalue weighted by Gasteiger charge is -2.27. The van der Waals surface area contributed by atoms with Crippen LogP contribution in [0, 0.1) is 0 Å². The molecule has 1 aromatic carbocycles. The minimum Gasteiger partial charge on any atom is -0.490 e. The molecule has 21 heavy (non-hydrogen) atoms. The molecule has 0 radical (unpaired) electrons. The summed E-state index contributed by atoms with van der Waals surface area (Å²) in [6.45, 7) is 9.79. The van der Waals surface area contributed by atoms with Gasteiger partial charge < -0.3 is 15.4 Å². The molecule has 0 atom stereocenters. The summed E-state index contributed by atoms with van der Waals surface area (Å²) in [5.41, 5.74) is 0.654. The highest BCUT2D eigenvalue weighted by molar-refractivity contribution is 5.94. The first-order valence-electron chi connectivity index (χ1n) is 7.34. The average Bonchev–Trinajstić information content (AvgIpc) is 2.54. The highest BCUT2D eigenvalue weighted by atomic mass is 16.5. The predicted molar refractivity (Wildman–Crippen MR) is 83.8 cm³/mol. The lowest BCUT2D eigenvalue weighted by molar-refractivity contribution is 0.0947. The van der Waals surface area contributed by atoms with Gasteiger partial charge in [-0.05, 0) is 24.3 Å². The number of nitrogens with zero attached hydrogens (tertiary/aromatic N) is 1. The summed E-state index contributed by atoms with van der Waals surface area (Å²) in [7, 11) is 0. The number of piperazine rings is 1. The van der Waals surface area contributed by atoms with Gasteiger partial charge in [-0.2, -0.15) is 0 Å². The summed E-state index contributed by atoms with van der Waals surface area (Å²) in [4.78, 5) is 14.4. The van der Waals surface area contributed by atoms with E-state index in [-0.39, 0.29) is 5.91 Å². The number of carbonyl (C=O) groups is 1. The van der Waals surface area contributed by atoms with Gasteiger partial charge in [0.25, 0.3) is 5.91 Å². The maximum atomic E-state index is 12.0. The Morgan fingerprint density at radius 2 is 2.05 bits per heavy atom. The molecule has 1 fully saturated rings. The third-order valence-corrected chi connectivity index (χ3v) is 3.41. The lowest BCUT2D eigenvalue weighted by atomic mass is 10.2. The van der Waals surface area contributed by atoms with E-state index in [2.05, 4.69) is 22.1 Å². The van der Waals surface area contributed by atoms with Crippen LogP contribution >= 0.6 is 0 Å². The predicted octanol–water partition coefficient (Wildman–Crippen LogP) is 0.886. The molecule has 2 rings (SSSR count). The largest absolute Gasteiger partial charge is 0.490 e. The van der Waals surface area contributed by atoms with Crippen LogP contribution in [0.25, 0.3) is 0 Å². The van der Waals surface area contributed by atoms with Crippen LogP contribution in [0.3, 0.4) is 0 Å². The van der Waals surface area contributed by atoms with E-state index in [0.29, 0.717) is 18.7 Å². The fraction of sp³-hybridized carbons (Fsp3) is 0.438. The molecule has 0 spiro atoms. The van der Waals surface area contributed by atoms with E-state index in [1.165, 1.54) is 0 Å². The first kappa shape index (κ1) is 15.5. The van der Waals surface area contributed by atoms with Crippen LogP contribution in [-0.4, -0.2) is 56.7 Å². The molecule has 114 valence electrons. The number of amides is 1. The Labute approximate surface area is 126 Å². The van der Waals surface area contributed by atoms with Crippen molar-refractivity contribution < 1.29 is 9.53 Å². The molecule has 1 aromatic rings. The summed E-state index contributed by atoms with van der Waals surface area (Å²) in [6.07, 6.45) is 1.69. The van der Waals surface area contributed by atoms with Crippen LogP contribution < -0.4 is 15.4 Å². The first-order valence-corrected chi connectivity index (χ1v) is 7.34. The number of benzene rings is 1. The molecule has 0 aromatic heterocycles. The molecule has 1 saturated heterocycles. The zero-order chi connectivity index (χ0) is 14.9. The molecule has 1 heterocycles. The van der Waals surface area contributed by atoms with Crippen LogP contribution in [0.2, 0.25) is 0 Å². The van der Waals surface area contributed by atoms with Crippen LogP contribution in [0.5, 0.6) is 5.75 Å². The molecule has 1 amide bonds. The van der Waals surface area contributed by atoms with Gasteiger partial charge in [0, 0.05) is 44.8 Å². The number of rotatable bonds is 7. The van der Waals surface area contributed by atoms with Gasteiger partial charge in [-0.25, -0.2) is 0 Å². The first-order chi connectivity index (χ1) is 10.3. The van der Waals surface area contributed by atoms with E-state index in [0.717, 1.165) is 38.5 Å². The SMILES string of the molecule is C=CCOc1ccc(C(=O)NCCN2CCNCC2)cc1. The monoisotopic (exact) mass is 289 g/mol. The summed E-state index contributed by atoms with van der Waals surface area (Å²) in [5.74, 6) is 0.702. The van der Waals surface area contributed by atoms with Crippen LogP contribution in [0.1, 0.15) is 10.4 Å². The van der Waals surface area contributed by atoms with Gasteiger partial charge in [0.05, 0.1) is 0 Å². The van der Waals surface area contributed by atoms with Crippen LogP contribution in [0.15, 0.2) is 36.9 Å². The van der Waals surface area contributed by atoms with Crippen molar-refractivity contribution in [2.75, 3.05) is 45.9 Å². The Bertz CT molecular complexity index is 453. The number of carbonyl (C=O) groups excluding carboxylic acids is 1. The van der Waals surface area contributed by atoms with Gasteiger partial charge in [-0.15, -0.1) is 0 Å². The van der Waals surface area contributed by atoms with Gasteiger partial charge in [-0.3, -0.25) is 9.69 Å². The number of hydrogen-bond acceptors (Lipinski definition) is 4. The second-order valence-corrected chi connectivity index (χ2v) is 4.97. The van der Waals surface area contributed by atoms with E-state index >= 15 is 0 Å². The van der Waals surface area contributed by atoms with E-state index < -0.39 is 0 Å². The molecule has 1 aliphatic heterocycles. The van der Waals surface area contributed by atoms with E-state index in [1.54, 1.807) is 30.3 Å². The smallest absolute Gasteiger partial charge is 0.251 e. The highest BCUT2D eigenvalue weighted by Crippen LogP contribution is 2.12. The lowest BCUT2D eigenvalue weighted by Crippen LogP contribution is -2.46. The quantitative estimate of drug-likeness (QED) is 0.732. The van der Waals surface area contributed by atoms with Crippen molar-refractivity contribution in [2.45, 2.75) is 0 Å². The Balaban J connectivity index is 1.73. The van der Waals surface area contributed by atoms with Crippen molar-refractivity contribution in [3.8, 4) is 5.75 Å². The van der Waals surface area contributed by atoms with Gasteiger partial charge in [0.15, 0.2) is 0 Å². The standard InChI is InChI=1S/C16H23N3O2/c1-2-13-21-15-5-3-14(4-6-15)16(20)18-9-12-19-10-7-17-8-11-19/h2-6,17H,1,7-13H2,(H,18,20). The number of nitrogens with one attached hydrogen (secondary N) is 2. The summed E-state index contributed by atoms with van der Waals surface area (Å²) >= 11 is 0. The van der Waals surface area contributed by atoms with Crippen molar-refractivity contribution in [2.24, 2.45) is 0 Å². The van der Waals surface area contributed by atoms with E-state index in [4.69, 9.17) is 4.74 Å². The van der Waals surface area contributed by atoms with Crippen molar-refractivity contribution in [3.05, 3.63) is 42.5 Å². The Morgan fingerprint density at radius 3 is 2.71 bits per heavy atom. The Morgan fingerprint density at radius 1 is 1.33 bits per heavy atom. The second-order valence-electron chi connectivity index (χ2n) is 4.97. The number of ether oxygens (including phenoxy) is 1. The molecule has 0 saturated carbocycles. The highest BCUT2D eigenvalue weighted by Gasteiger charge is 2.10. The van der Waals surface area contributed by atoms with Gasteiger partial charge in [-0.1, -0.05) is 12.7 Å². The molecule has 2 N–H and O–H groups in total. The van der Waals surface area contributed by atoms with Crippen LogP contribution in [0.4, 0.5) is 0 Å². The topological polar surface area (TPSA) is 53.6 Å². The van der Waals surface area contributed by atoms with Crippen molar-refractivity contribution >= 4 is 5.91 Å². The van der Waals surface area contributed by atoms with Crippen LogP contribution in [-0.2, 0) is 0 Å². The van der Waals surface area contributed by atoms with Crippen molar-refractivity contribution in [3.63, 3.8) is 0 Å².